The first-order valence-corrected chi connectivity index (χ1v) is 11.6. The number of hydrogen-bond acceptors (Lipinski definition) is 5. The molecule has 0 spiro atoms. The Bertz CT molecular complexity index is 1190. The van der Waals surface area contributed by atoms with Gasteiger partial charge in [0.25, 0.3) is 0 Å². The number of carbonyl (C=O) groups excluding carboxylic acids is 1. The van der Waals surface area contributed by atoms with E-state index in [0.29, 0.717) is 36.0 Å². The van der Waals surface area contributed by atoms with Crippen molar-refractivity contribution in [2.24, 2.45) is 0 Å². The minimum absolute atomic E-state index is 0.0707. The van der Waals surface area contributed by atoms with Gasteiger partial charge >= 0.3 is 0 Å². The summed E-state index contributed by atoms with van der Waals surface area (Å²) in [6.07, 6.45) is 0. The second-order valence-corrected chi connectivity index (χ2v) is 8.61. The van der Waals surface area contributed by atoms with E-state index in [4.69, 9.17) is 14.5 Å². The van der Waals surface area contributed by atoms with Crippen LogP contribution in [0.2, 0.25) is 0 Å². The number of ether oxygens (including phenoxy) is 2. The van der Waals surface area contributed by atoms with Gasteiger partial charge in [0.2, 0.25) is 0 Å². The summed E-state index contributed by atoms with van der Waals surface area (Å²) < 4.78 is 14.4. The van der Waals surface area contributed by atoms with Crippen LogP contribution in [0, 0.1) is 0 Å². The van der Waals surface area contributed by atoms with Gasteiger partial charge in [0.15, 0.2) is 22.4 Å². The normalized spacial score (nSPS) is 10.9. The van der Waals surface area contributed by atoms with Crippen molar-refractivity contribution >= 4 is 44.5 Å². The molecule has 4 rings (SSSR count). The number of thioether (sulfide) groups is 1. The quantitative estimate of drug-likeness (QED) is 0.214. The molecule has 0 aliphatic carbocycles. The van der Waals surface area contributed by atoms with E-state index in [1.54, 1.807) is 7.11 Å². The average Bonchev–Trinajstić information content (AvgIpc) is 3.16. The lowest BCUT2D eigenvalue weighted by molar-refractivity contribution is 0.102. The molecule has 0 bridgehead atoms. The van der Waals surface area contributed by atoms with Crippen LogP contribution in [0.15, 0.2) is 82.4 Å². The third kappa shape index (κ3) is 5.11. The molecule has 0 amide bonds. The number of methoxy groups -OCH3 is 1. The summed E-state index contributed by atoms with van der Waals surface area (Å²) >= 11 is 4.84. The van der Waals surface area contributed by atoms with Gasteiger partial charge in [-0.05, 0) is 36.4 Å². The third-order valence-electron chi connectivity index (χ3n) is 4.76. The van der Waals surface area contributed by atoms with Crippen LogP contribution in [0.5, 0.6) is 11.5 Å². The highest BCUT2D eigenvalue weighted by atomic mass is 79.9. The van der Waals surface area contributed by atoms with Gasteiger partial charge in [-0.1, -0.05) is 64.1 Å². The molecule has 1 heterocycles. The zero-order valence-electron chi connectivity index (χ0n) is 17.0. The van der Waals surface area contributed by atoms with Gasteiger partial charge in [0.1, 0.15) is 6.61 Å². The first kappa shape index (κ1) is 21.5. The van der Waals surface area contributed by atoms with Gasteiger partial charge in [0, 0.05) is 10.0 Å². The highest BCUT2D eigenvalue weighted by Gasteiger charge is 2.14. The van der Waals surface area contributed by atoms with E-state index in [0.717, 1.165) is 20.7 Å². The van der Waals surface area contributed by atoms with Crippen molar-refractivity contribution in [3.8, 4) is 11.5 Å². The molecular weight excluding hydrogens is 476 g/mol. The van der Waals surface area contributed by atoms with Gasteiger partial charge < -0.3 is 14.0 Å². The van der Waals surface area contributed by atoms with Crippen LogP contribution in [-0.2, 0) is 6.54 Å². The van der Waals surface area contributed by atoms with Crippen LogP contribution in [-0.4, -0.2) is 34.8 Å². The van der Waals surface area contributed by atoms with Crippen LogP contribution < -0.4 is 9.47 Å². The fraction of sp³-hybridized carbons (Fsp3) is 0.167. The zero-order chi connectivity index (χ0) is 21.6. The van der Waals surface area contributed by atoms with Gasteiger partial charge in [-0.15, -0.1) is 0 Å². The van der Waals surface area contributed by atoms with Crippen molar-refractivity contribution in [3.63, 3.8) is 0 Å². The molecule has 0 aliphatic heterocycles. The van der Waals surface area contributed by atoms with Gasteiger partial charge in [0.05, 0.1) is 30.4 Å². The molecular formula is C24H21BrN2O3S. The van der Waals surface area contributed by atoms with Crippen molar-refractivity contribution < 1.29 is 14.3 Å². The Kier molecular flexibility index (Phi) is 6.94. The van der Waals surface area contributed by atoms with E-state index in [1.807, 2.05) is 72.8 Å². The lowest BCUT2D eigenvalue weighted by Crippen LogP contribution is -2.10. The Labute approximate surface area is 193 Å². The Morgan fingerprint density at radius 2 is 1.71 bits per heavy atom. The minimum Gasteiger partial charge on any atom is -0.493 e. The van der Waals surface area contributed by atoms with E-state index in [-0.39, 0.29) is 5.78 Å². The number of fused-ring (bicyclic) bond motifs is 1. The van der Waals surface area contributed by atoms with Crippen LogP contribution in [0.25, 0.3) is 11.0 Å². The molecule has 0 saturated heterocycles. The van der Waals surface area contributed by atoms with Crippen molar-refractivity contribution in [2.45, 2.75) is 11.7 Å². The molecule has 0 saturated carbocycles. The van der Waals surface area contributed by atoms with E-state index in [9.17, 15) is 4.79 Å². The summed E-state index contributed by atoms with van der Waals surface area (Å²) in [5, 5.41) is 0.801. The summed E-state index contributed by atoms with van der Waals surface area (Å²) in [6, 6.07) is 23.0. The SMILES string of the molecule is COc1ccccc1OCCn1c(SCC(=O)c2ccc(Br)cc2)nc2ccccc21. The molecule has 1 aromatic heterocycles. The highest BCUT2D eigenvalue weighted by Crippen LogP contribution is 2.27. The number of aromatic nitrogens is 2. The number of nitrogens with zero attached hydrogens (tertiary/aromatic N) is 2. The number of para-hydroxylation sites is 4. The van der Waals surface area contributed by atoms with Gasteiger partial charge in [-0.2, -0.15) is 0 Å². The van der Waals surface area contributed by atoms with Gasteiger partial charge in [-0.25, -0.2) is 4.98 Å². The maximum atomic E-state index is 12.6. The average molecular weight is 497 g/mol. The first-order chi connectivity index (χ1) is 15.2. The molecule has 4 aromatic rings. The molecule has 0 unspecified atom stereocenters. The first-order valence-electron chi connectivity index (χ1n) is 9.78. The molecule has 158 valence electrons. The summed E-state index contributed by atoms with van der Waals surface area (Å²) in [5.74, 6) is 1.79. The number of halogens is 1. The van der Waals surface area contributed by atoms with Crippen LogP contribution in [0.1, 0.15) is 10.4 Å². The van der Waals surface area contributed by atoms with Crippen molar-refractivity contribution in [1.29, 1.82) is 0 Å². The van der Waals surface area contributed by atoms with Gasteiger partial charge in [-0.3, -0.25) is 4.79 Å². The van der Waals surface area contributed by atoms with E-state index >= 15 is 0 Å². The second kappa shape index (κ2) is 10.0. The fourth-order valence-corrected chi connectivity index (χ4v) is 4.41. The van der Waals surface area contributed by atoms with Crippen molar-refractivity contribution in [3.05, 3.63) is 82.8 Å². The molecule has 31 heavy (non-hydrogen) atoms. The largest absolute Gasteiger partial charge is 0.493 e. The second-order valence-electron chi connectivity index (χ2n) is 6.75. The lowest BCUT2D eigenvalue weighted by Gasteiger charge is -2.12. The van der Waals surface area contributed by atoms with Crippen LogP contribution in [0.4, 0.5) is 0 Å². The van der Waals surface area contributed by atoms with Crippen molar-refractivity contribution in [2.75, 3.05) is 19.5 Å². The number of ketones is 1. The fourth-order valence-electron chi connectivity index (χ4n) is 3.21. The topological polar surface area (TPSA) is 53.4 Å². The standard InChI is InChI=1S/C24H21BrN2O3S/c1-29-22-8-4-5-9-23(22)30-15-14-27-20-7-3-2-6-19(20)26-24(27)31-16-21(28)17-10-12-18(25)13-11-17/h2-13H,14-16H2,1H3. The monoisotopic (exact) mass is 496 g/mol. The Hall–Kier alpha value is -2.77. The number of Topliss-reactive ketones (excluding diaryl/α,β-unsaturated/α-hetero) is 1. The predicted molar refractivity (Wildman–Crippen MR) is 127 cm³/mol. The molecule has 0 atom stereocenters. The minimum atomic E-state index is 0.0707. The Morgan fingerprint density at radius 3 is 2.48 bits per heavy atom. The summed E-state index contributed by atoms with van der Waals surface area (Å²) in [7, 11) is 1.63. The molecule has 0 fully saturated rings. The number of rotatable bonds is 9. The van der Waals surface area contributed by atoms with E-state index < -0.39 is 0 Å². The summed E-state index contributed by atoms with van der Waals surface area (Å²) in [4.78, 5) is 17.4. The zero-order valence-corrected chi connectivity index (χ0v) is 19.4. The van der Waals surface area contributed by atoms with E-state index in [2.05, 4.69) is 20.5 Å². The molecule has 5 nitrogen and oxygen atoms in total. The number of hydrogen-bond donors (Lipinski definition) is 0. The highest BCUT2D eigenvalue weighted by molar-refractivity contribution is 9.10. The smallest absolute Gasteiger partial charge is 0.173 e. The molecule has 0 N–H and O–H groups in total. The Morgan fingerprint density at radius 1 is 1.00 bits per heavy atom. The lowest BCUT2D eigenvalue weighted by atomic mass is 10.2. The third-order valence-corrected chi connectivity index (χ3v) is 6.26. The summed E-state index contributed by atoms with van der Waals surface area (Å²) in [6.45, 7) is 1.06. The van der Waals surface area contributed by atoms with Crippen molar-refractivity contribution in [1.82, 2.24) is 9.55 Å². The maximum Gasteiger partial charge on any atom is 0.173 e. The van der Waals surface area contributed by atoms with Crippen LogP contribution >= 0.6 is 27.7 Å². The Balaban J connectivity index is 1.49. The predicted octanol–water partition coefficient (Wildman–Crippen LogP) is 5.86. The number of benzene rings is 3. The van der Waals surface area contributed by atoms with E-state index in [1.165, 1.54) is 11.8 Å². The summed E-state index contributed by atoms with van der Waals surface area (Å²) in [5.41, 5.74) is 2.61. The number of carbonyl (C=O) groups is 1. The van der Waals surface area contributed by atoms with Crippen LogP contribution in [0.3, 0.4) is 0 Å². The molecule has 7 heteroatoms. The molecule has 0 radical (unpaired) electrons. The molecule has 3 aromatic carbocycles. The number of imidazole rings is 1. The maximum absolute atomic E-state index is 12.6. The molecule has 0 aliphatic rings.